The molecule has 1 aliphatic rings. The maximum absolute atomic E-state index is 5.42. The Kier molecular flexibility index (Phi) is 4.19. The van der Waals surface area contributed by atoms with Crippen LogP contribution in [0.2, 0.25) is 0 Å². The molecule has 1 N–H and O–H groups in total. The highest BCUT2D eigenvalue weighted by molar-refractivity contribution is 5.43. The smallest absolute Gasteiger partial charge is 0.122 e. The van der Waals surface area contributed by atoms with Crippen molar-refractivity contribution in [2.75, 3.05) is 14.2 Å². The molecule has 1 fully saturated rings. The molecule has 0 amide bonds. The zero-order valence-electron chi connectivity index (χ0n) is 13.0. The van der Waals surface area contributed by atoms with E-state index < -0.39 is 0 Å². The van der Waals surface area contributed by atoms with Gasteiger partial charge in [0.1, 0.15) is 5.75 Å². The molecule has 1 aromatic rings. The lowest BCUT2D eigenvalue weighted by atomic mass is 9.76. The first-order valence-electron chi connectivity index (χ1n) is 7.34. The molecule has 1 aromatic carbocycles. The predicted octanol–water partition coefficient (Wildman–Crippen LogP) is 4.15. The molecule has 0 bridgehead atoms. The molecule has 2 nitrogen and oxygen atoms in total. The Bertz CT molecular complexity index is 447. The Labute approximate surface area is 117 Å². The van der Waals surface area contributed by atoms with E-state index in [4.69, 9.17) is 4.74 Å². The summed E-state index contributed by atoms with van der Waals surface area (Å²) in [6, 6.07) is 4.92. The lowest BCUT2D eigenvalue weighted by molar-refractivity contribution is 0.233. The molecular weight excluding hydrogens is 234 g/mol. The van der Waals surface area contributed by atoms with Crippen LogP contribution < -0.4 is 10.1 Å². The van der Waals surface area contributed by atoms with E-state index in [9.17, 15) is 0 Å². The SMILES string of the molecule is CNC(c1cc(C)c(OC)cc1C)C1(C)CCCC1. The van der Waals surface area contributed by atoms with Crippen molar-refractivity contribution in [3.8, 4) is 5.75 Å². The van der Waals surface area contributed by atoms with Crippen LogP contribution in [0.15, 0.2) is 12.1 Å². The van der Waals surface area contributed by atoms with Crippen LogP contribution in [0.5, 0.6) is 5.75 Å². The third kappa shape index (κ3) is 2.64. The Balaban J connectivity index is 2.41. The van der Waals surface area contributed by atoms with Gasteiger partial charge in [0.15, 0.2) is 0 Å². The number of ether oxygens (including phenoxy) is 1. The summed E-state index contributed by atoms with van der Waals surface area (Å²) < 4.78 is 5.42. The van der Waals surface area contributed by atoms with Crippen molar-refractivity contribution in [3.63, 3.8) is 0 Å². The molecule has 1 aliphatic carbocycles. The van der Waals surface area contributed by atoms with Crippen LogP contribution in [0.25, 0.3) is 0 Å². The number of aryl methyl sites for hydroxylation is 2. The Morgan fingerprint density at radius 3 is 2.32 bits per heavy atom. The first-order chi connectivity index (χ1) is 9.01. The van der Waals surface area contributed by atoms with Crippen molar-refractivity contribution in [3.05, 3.63) is 28.8 Å². The van der Waals surface area contributed by atoms with E-state index >= 15 is 0 Å². The zero-order valence-corrected chi connectivity index (χ0v) is 13.0. The van der Waals surface area contributed by atoms with Crippen LogP contribution in [0.4, 0.5) is 0 Å². The zero-order chi connectivity index (χ0) is 14.0. The van der Waals surface area contributed by atoms with Gasteiger partial charge in [-0.2, -0.15) is 0 Å². The first-order valence-corrected chi connectivity index (χ1v) is 7.34. The van der Waals surface area contributed by atoms with Crippen LogP contribution >= 0.6 is 0 Å². The molecule has 0 aliphatic heterocycles. The second kappa shape index (κ2) is 5.54. The summed E-state index contributed by atoms with van der Waals surface area (Å²) in [7, 11) is 3.84. The summed E-state index contributed by atoms with van der Waals surface area (Å²) in [5, 5.41) is 3.57. The van der Waals surface area contributed by atoms with Gasteiger partial charge in [0.2, 0.25) is 0 Å². The number of nitrogens with one attached hydrogen (secondary N) is 1. The molecule has 0 saturated heterocycles. The second-order valence-corrected chi connectivity index (χ2v) is 6.26. The van der Waals surface area contributed by atoms with Gasteiger partial charge < -0.3 is 10.1 Å². The molecule has 106 valence electrons. The van der Waals surface area contributed by atoms with Crippen molar-refractivity contribution < 1.29 is 4.74 Å². The highest BCUT2D eigenvalue weighted by Crippen LogP contribution is 2.48. The number of methoxy groups -OCH3 is 1. The summed E-state index contributed by atoms with van der Waals surface area (Å²) in [6.45, 7) is 6.76. The molecule has 0 spiro atoms. The van der Waals surface area contributed by atoms with Crippen molar-refractivity contribution in [1.82, 2.24) is 5.32 Å². The predicted molar refractivity (Wildman–Crippen MR) is 80.8 cm³/mol. The van der Waals surface area contributed by atoms with E-state index in [1.54, 1.807) is 7.11 Å². The van der Waals surface area contributed by atoms with Crippen molar-refractivity contribution in [1.29, 1.82) is 0 Å². The fourth-order valence-electron chi connectivity index (χ4n) is 3.69. The van der Waals surface area contributed by atoms with E-state index in [-0.39, 0.29) is 0 Å². The average Bonchev–Trinajstić information content (AvgIpc) is 2.81. The molecule has 1 saturated carbocycles. The number of hydrogen-bond acceptors (Lipinski definition) is 2. The highest BCUT2D eigenvalue weighted by Gasteiger charge is 2.37. The quantitative estimate of drug-likeness (QED) is 0.879. The molecule has 2 heteroatoms. The largest absolute Gasteiger partial charge is 0.496 e. The standard InChI is InChI=1S/C17H27NO/c1-12-11-15(19-5)13(2)10-14(12)16(18-4)17(3)8-6-7-9-17/h10-11,16,18H,6-9H2,1-5H3. The molecule has 0 heterocycles. The fraction of sp³-hybridized carbons (Fsp3) is 0.647. The van der Waals surface area contributed by atoms with Gasteiger partial charge in [0.05, 0.1) is 7.11 Å². The Morgan fingerprint density at radius 1 is 1.16 bits per heavy atom. The average molecular weight is 261 g/mol. The normalized spacial score (nSPS) is 19.4. The molecule has 1 unspecified atom stereocenters. The third-order valence-corrected chi connectivity index (χ3v) is 4.83. The summed E-state index contributed by atoms with van der Waals surface area (Å²) in [5.41, 5.74) is 4.38. The minimum absolute atomic E-state index is 0.389. The second-order valence-electron chi connectivity index (χ2n) is 6.26. The van der Waals surface area contributed by atoms with Crippen molar-refractivity contribution in [2.45, 2.75) is 52.5 Å². The van der Waals surface area contributed by atoms with Crippen LogP contribution in [0.3, 0.4) is 0 Å². The minimum Gasteiger partial charge on any atom is -0.496 e. The van der Waals surface area contributed by atoms with Gasteiger partial charge in [-0.3, -0.25) is 0 Å². The summed E-state index contributed by atoms with van der Waals surface area (Å²) in [6.07, 6.45) is 5.37. The lowest BCUT2D eigenvalue weighted by Gasteiger charge is -2.35. The van der Waals surface area contributed by atoms with Gasteiger partial charge >= 0.3 is 0 Å². The van der Waals surface area contributed by atoms with Crippen LogP contribution in [-0.2, 0) is 0 Å². The molecule has 19 heavy (non-hydrogen) atoms. The maximum atomic E-state index is 5.42. The van der Waals surface area contributed by atoms with Crippen LogP contribution in [0, 0.1) is 19.3 Å². The van der Waals surface area contributed by atoms with Gasteiger partial charge in [-0.15, -0.1) is 0 Å². The van der Waals surface area contributed by atoms with Crippen molar-refractivity contribution >= 4 is 0 Å². The van der Waals surface area contributed by atoms with E-state index in [1.807, 2.05) is 0 Å². The molecule has 0 radical (unpaired) electrons. The Hall–Kier alpha value is -1.02. The fourth-order valence-corrected chi connectivity index (χ4v) is 3.69. The summed E-state index contributed by atoms with van der Waals surface area (Å²) in [4.78, 5) is 0. The van der Waals surface area contributed by atoms with Gasteiger partial charge in [0, 0.05) is 6.04 Å². The van der Waals surface area contributed by atoms with E-state index in [0.717, 1.165) is 5.75 Å². The molecule has 0 aromatic heterocycles. The number of benzene rings is 1. The van der Waals surface area contributed by atoms with Gasteiger partial charge in [-0.05, 0) is 61.9 Å². The topological polar surface area (TPSA) is 21.3 Å². The molecule has 1 atom stereocenters. The van der Waals surface area contributed by atoms with E-state index in [2.05, 4.69) is 45.3 Å². The first kappa shape index (κ1) is 14.4. The molecule has 2 rings (SSSR count). The maximum Gasteiger partial charge on any atom is 0.122 e. The van der Waals surface area contributed by atoms with Gasteiger partial charge in [0.25, 0.3) is 0 Å². The van der Waals surface area contributed by atoms with E-state index in [1.165, 1.54) is 42.4 Å². The van der Waals surface area contributed by atoms with E-state index in [0.29, 0.717) is 11.5 Å². The minimum atomic E-state index is 0.389. The highest BCUT2D eigenvalue weighted by atomic mass is 16.5. The summed E-state index contributed by atoms with van der Waals surface area (Å²) >= 11 is 0. The monoisotopic (exact) mass is 261 g/mol. The number of rotatable bonds is 4. The summed E-state index contributed by atoms with van der Waals surface area (Å²) in [5.74, 6) is 0.993. The van der Waals surface area contributed by atoms with Crippen LogP contribution in [0.1, 0.15) is 55.3 Å². The molecular formula is C17H27NO. The van der Waals surface area contributed by atoms with Gasteiger partial charge in [-0.1, -0.05) is 25.8 Å². The van der Waals surface area contributed by atoms with Gasteiger partial charge in [-0.25, -0.2) is 0 Å². The lowest BCUT2D eigenvalue weighted by Crippen LogP contribution is -2.32. The Morgan fingerprint density at radius 2 is 1.79 bits per heavy atom. The third-order valence-electron chi connectivity index (χ3n) is 4.83. The van der Waals surface area contributed by atoms with Crippen LogP contribution in [-0.4, -0.2) is 14.2 Å². The number of hydrogen-bond donors (Lipinski definition) is 1. The van der Waals surface area contributed by atoms with Crippen molar-refractivity contribution in [2.24, 2.45) is 5.41 Å².